The van der Waals surface area contributed by atoms with Crippen molar-refractivity contribution in [3.63, 3.8) is 0 Å². The molecular weight excluding hydrogens is 324 g/mol. The minimum Gasteiger partial charge on any atom is -0.465 e. The van der Waals surface area contributed by atoms with E-state index >= 15 is 0 Å². The average molecular weight is 343 g/mol. The van der Waals surface area contributed by atoms with Crippen LogP contribution in [0, 0.1) is 0 Å². The summed E-state index contributed by atoms with van der Waals surface area (Å²) in [6, 6.07) is 5.70. The fourth-order valence-corrected chi connectivity index (χ4v) is 2.43. The maximum atomic E-state index is 11.5. The molecule has 6 heteroatoms. The van der Waals surface area contributed by atoms with Crippen molar-refractivity contribution >= 4 is 21.9 Å². The van der Waals surface area contributed by atoms with Crippen molar-refractivity contribution in [3.05, 3.63) is 33.8 Å². The van der Waals surface area contributed by atoms with Crippen molar-refractivity contribution in [1.82, 2.24) is 10.6 Å². The number of carbonyl (C=O) groups excluding carboxylic acids is 1. The predicted molar refractivity (Wildman–Crippen MR) is 79.8 cm³/mol. The number of carbonyl (C=O) groups is 1. The molecule has 0 radical (unpaired) electrons. The smallest absolute Gasteiger partial charge is 0.337 e. The van der Waals surface area contributed by atoms with Crippen LogP contribution in [0.4, 0.5) is 0 Å². The Labute approximate surface area is 127 Å². The van der Waals surface area contributed by atoms with Crippen LogP contribution in [0.5, 0.6) is 0 Å². The van der Waals surface area contributed by atoms with Crippen molar-refractivity contribution in [3.8, 4) is 0 Å². The summed E-state index contributed by atoms with van der Waals surface area (Å²) < 4.78 is 11.4. The first-order valence-electron chi connectivity index (χ1n) is 6.59. The molecule has 0 spiro atoms. The first kappa shape index (κ1) is 15.4. The second-order valence-electron chi connectivity index (χ2n) is 4.67. The number of hydrogen-bond donors (Lipinski definition) is 2. The van der Waals surface area contributed by atoms with Gasteiger partial charge in [0.15, 0.2) is 0 Å². The fourth-order valence-electron chi connectivity index (χ4n) is 2.07. The molecule has 0 saturated carbocycles. The van der Waals surface area contributed by atoms with Crippen molar-refractivity contribution < 1.29 is 14.3 Å². The number of ether oxygens (including phenoxy) is 2. The van der Waals surface area contributed by atoms with E-state index in [2.05, 4.69) is 26.6 Å². The van der Waals surface area contributed by atoms with Crippen molar-refractivity contribution in [2.24, 2.45) is 0 Å². The van der Waals surface area contributed by atoms with Gasteiger partial charge in [-0.05, 0) is 23.8 Å². The minimum atomic E-state index is -0.336. The highest BCUT2D eigenvalue weighted by molar-refractivity contribution is 9.10. The van der Waals surface area contributed by atoms with Gasteiger partial charge in [0.1, 0.15) is 0 Å². The topological polar surface area (TPSA) is 59.6 Å². The molecule has 1 heterocycles. The van der Waals surface area contributed by atoms with Crippen LogP contribution in [0.2, 0.25) is 0 Å². The summed E-state index contributed by atoms with van der Waals surface area (Å²) in [6.45, 7) is 3.99. The van der Waals surface area contributed by atoms with Crippen LogP contribution in [-0.2, 0) is 16.1 Å². The highest BCUT2D eigenvalue weighted by atomic mass is 79.9. The lowest BCUT2D eigenvalue weighted by atomic mass is 10.1. The molecule has 5 nitrogen and oxygen atoms in total. The molecule has 110 valence electrons. The molecule has 1 aliphatic rings. The van der Waals surface area contributed by atoms with E-state index in [9.17, 15) is 4.79 Å². The molecular formula is C14H19BrN2O3. The van der Waals surface area contributed by atoms with Crippen LogP contribution in [-0.4, -0.2) is 45.4 Å². The number of methoxy groups -OCH3 is 1. The lowest BCUT2D eigenvalue weighted by Gasteiger charge is -2.24. The zero-order valence-corrected chi connectivity index (χ0v) is 13.0. The SMILES string of the molecule is COC(=O)c1ccc(Br)c(COCC2CNCCN2)c1. The molecule has 1 unspecified atom stereocenters. The third-order valence-electron chi connectivity index (χ3n) is 3.17. The number of piperazine rings is 1. The number of rotatable bonds is 5. The number of esters is 1. The van der Waals surface area contributed by atoms with Gasteiger partial charge in [0, 0.05) is 30.1 Å². The normalized spacial score (nSPS) is 18.8. The molecule has 0 aromatic heterocycles. The summed E-state index contributed by atoms with van der Waals surface area (Å²) >= 11 is 3.47. The number of benzene rings is 1. The Morgan fingerprint density at radius 1 is 1.45 bits per heavy atom. The Hall–Kier alpha value is -0.950. The molecule has 20 heavy (non-hydrogen) atoms. The third-order valence-corrected chi connectivity index (χ3v) is 3.94. The van der Waals surface area contributed by atoms with Gasteiger partial charge in [-0.3, -0.25) is 0 Å². The zero-order valence-electron chi connectivity index (χ0n) is 11.4. The second kappa shape index (κ2) is 7.73. The van der Waals surface area contributed by atoms with Gasteiger partial charge in [-0.15, -0.1) is 0 Å². The molecule has 2 rings (SSSR count). The Balaban J connectivity index is 1.89. The van der Waals surface area contributed by atoms with Crippen LogP contribution in [0.15, 0.2) is 22.7 Å². The van der Waals surface area contributed by atoms with E-state index in [4.69, 9.17) is 9.47 Å². The third kappa shape index (κ3) is 4.28. The molecule has 0 amide bonds. The van der Waals surface area contributed by atoms with E-state index in [1.165, 1.54) is 7.11 Å². The largest absolute Gasteiger partial charge is 0.465 e. The zero-order chi connectivity index (χ0) is 14.4. The quantitative estimate of drug-likeness (QED) is 0.790. The van der Waals surface area contributed by atoms with Gasteiger partial charge in [0.05, 0.1) is 25.9 Å². The molecule has 1 fully saturated rings. The predicted octanol–water partition coefficient (Wildman–Crippen LogP) is 1.31. The molecule has 1 aromatic carbocycles. The van der Waals surface area contributed by atoms with Gasteiger partial charge in [-0.25, -0.2) is 4.79 Å². The lowest BCUT2D eigenvalue weighted by molar-refractivity contribution is 0.0600. The fraction of sp³-hybridized carbons (Fsp3) is 0.500. The van der Waals surface area contributed by atoms with Gasteiger partial charge in [-0.1, -0.05) is 15.9 Å². The Morgan fingerprint density at radius 3 is 3.00 bits per heavy atom. The van der Waals surface area contributed by atoms with E-state index in [1.54, 1.807) is 12.1 Å². The van der Waals surface area contributed by atoms with E-state index < -0.39 is 0 Å². The van der Waals surface area contributed by atoms with Gasteiger partial charge < -0.3 is 20.1 Å². The van der Waals surface area contributed by atoms with E-state index in [0.717, 1.165) is 29.7 Å². The average Bonchev–Trinajstić information content (AvgIpc) is 2.49. The van der Waals surface area contributed by atoms with Crippen LogP contribution in [0.25, 0.3) is 0 Å². The summed E-state index contributed by atoms with van der Waals surface area (Å²) in [6.07, 6.45) is 0. The standard InChI is InChI=1S/C14H19BrN2O3/c1-19-14(18)10-2-3-13(15)11(6-10)8-20-9-12-7-16-4-5-17-12/h2-3,6,12,16-17H,4-5,7-9H2,1H3. The molecule has 1 saturated heterocycles. The van der Waals surface area contributed by atoms with Gasteiger partial charge in [0.25, 0.3) is 0 Å². The highest BCUT2D eigenvalue weighted by Crippen LogP contribution is 2.20. The van der Waals surface area contributed by atoms with Crippen LogP contribution < -0.4 is 10.6 Å². The minimum absolute atomic E-state index is 0.336. The monoisotopic (exact) mass is 342 g/mol. The van der Waals surface area contributed by atoms with Crippen LogP contribution >= 0.6 is 15.9 Å². The molecule has 1 aliphatic heterocycles. The first-order chi connectivity index (χ1) is 9.70. The summed E-state index contributed by atoms with van der Waals surface area (Å²) in [5, 5.41) is 6.70. The Kier molecular flexibility index (Phi) is 5.97. The highest BCUT2D eigenvalue weighted by Gasteiger charge is 2.13. The van der Waals surface area contributed by atoms with Crippen molar-refractivity contribution in [2.45, 2.75) is 12.6 Å². The first-order valence-corrected chi connectivity index (χ1v) is 7.38. The second-order valence-corrected chi connectivity index (χ2v) is 5.52. The number of halogens is 1. The summed E-state index contributed by atoms with van der Waals surface area (Å²) in [5.41, 5.74) is 1.48. The lowest BCUT2D eigenvalue weighted by Crippen LogP contribution is -2.50. The van der Waals surface area contributed by atoms with Gasteiger partial charge in [0.2, 0.25) is 0 Å². The van der Waals surface area contributed by atoms with Crippen molar-refractivity contribution in [2.75, 3.05) is 33.4 Å². The van der Waals surface area contributed by atoms with E-state index in [0.29, 0.717) is 24.8 Å². The molecule has 1 aromatic rings. The van der Waals surface area contributed by atoms with Gasteiger partial charge in [-0.2, -0.15) is 0 Å². The molecule has 0 bridgehead atoms. The maximum absolute atomic E-state index is 11.5. The summed E-state index contributed by atoms with van der Waals surface area (Å²) in [5.74, 6) is -0.336. The maximum Gasteiger partial charge on any atom is 0.337 e. The number of hydrogen-bond acceptors (Lipinski definition) is 5. The van der Waals surface area contributed by atoms with Gasteiger partial charge >= 0.3 is 5.97 Å². The Bertz CT molecular complexity index is 462. The summed E-state index contributed by atoms with van der Waals surface area (Å²) in [4.78, 5) is 11.5. The molecule has 0 aliphatic carbocycles. The summed E-state index contributed by atoms with van der Waals surface area (Å²) in [7, 11) is 1.38. The van der Waals surface area contributed by atoms with Crippen molar-refractivity contribution in [1.29, 1.82) is 0 Å². The molecule has 1 atom stereocenters. The van der Waals surface area contributed by atoms with Crippen LogP contribution in [0.3, 0.4) is 0 Å². The van der Waals surface area contributed by atoms with E-state index in [1.807, 2.05) is 6.07 Å². The van der Waals surface area contributed by atoms with E-state index in [-0.39, 0.29) is 5.97 Å². The number of nitrogens with one attached hydrogen (secondary N) is 2. The Morgan fingerprint density at radius 2 is 2.30 bits per heavy atom. The van der Waals surface area contributed by atoms with Crippen LogP contribution in [0.1, 0.15) is 15.9 Å². The molecule has 2 N–H and O–H groups in total.